The molecule has 0 radical (unpaired) electrons. The van der Waals surface area contributed by atoms with Gasteiger partial charge in [0, 0.05) is 50.1 Å². The van der Waals surface area contributed by atoms with Crippen molar-refractivity contribution in [3.8, 4) is 11.4 Å². The second kappa shape index (κ2) is 10.0. The number of benzene rings is 3. The van der Waals surface area contributed by atoms with E-state index >= 15 is 0 Å². The van der Waals surface area contributed by atoms with Crippen molar-refractivity contribution in [2.45, 2.75) is 20.4 Å². The molecule has 0 unspecified atom stereocenters. The summed E-state index contributed by atoms with van der Waals surface area (Å²) in [6.45, 7) is 8.09. The summed E-state index contributed by atoms with van der Waals surface area (Å²) >= 11 is 0. The van der Waals surface area contributed by atoms with E-state index in [0.29, 0.717) is 29.3 Å². The van der Waals surface area contributed by atoms with Crippen LogP contribution in [0.5, 0.6) is 5.75 Å². The minimum absolute atomic E-state index is 0.140. The number of non-ortho nitro benzene ring substituents is 1. The Morgan fingerprint density at radius 2 is 1.78 bits per heavy atom. The largest absolute Gasteiger partial charge is 0.497 e. The summed E-state index contributed by atoms with van der Waals surface area (Å²) in [5.74, 6) is 1.19. The molecule has 3 aromatic carbocycles. The lowest BCUT2D eigenvalue weighted by Gasteiger charge is -2.37. The number of piperazine rings is 1. The van der Waals surface area contributed by atoms with Gasteiger partial charge in [-0.1, -0.05) is 18.2 Å². The number of rotatable bonds is 6. The van der Waals surface area contributed by atoms with E-state index < -0.39 is 4.92 Å². The monoisotopic (exact) mass is 499 g/mol. The molecule has 0 amide bonds. The zero-order chi connectivity index (χ0) is 26.1. The van der Waals surface area contributed by atoms with Crippen LogP contribution in [0.15, 0.2) is 65.5 Å². The standard InChI is InChI=1S/C28H29N5O4/c1-19-7-8-20(2)26(15-19)31-13-11-30(12-14-31)18-27-29-25-10-9-22(33(35)36)17-24(25)28(34)32(27)21-5-4-6-23(16-21)37-3/h4-10,15-17H,11-14,18H2,1-3H3. The van der Waals surface area contributed by atoms with Gasteiger partial charge in [0.25, 0.3) is 11.2 Å². The van der Waals surface area contributed by atoms with E-state index in [1.54, 1.807) is 29.9 Å². The number of ether oxygens (including phenoxy) is 1. The summed E-state index contributed by atoms with van der Waals surface area (Å²) in [7, 11) is 1.57. The fourth-order valence-electron chi connectivity index (χ4n) is 4.86. The maximum absolute atomic E-state index is 13.7. The second-order valence-corrected chi connectivity index (χ2v) is 9.38. The Morgan fingerprint density at radius 3 is 2.51 bits per heavy atom. The van der Waals surface area contributed by atoms with Crippen LogP contribution < -0.4 is 15.2 Å². The first kappa shape index (κ1) is 24.5. The van der Waals surface area contributed by atoms with Crippen molar-refractivity contribution in [1.29, 1.82) is 0 Å². The van der Waals surface area contributed by atoms with Gasteiger partial charge in [-0.05, 0) is 49.2 Å². The van der Waals surface area contributed by atoms with Crippen molar-refractivity contribution in [2.75, 3.05) is 38.2 Å². The summed E-state index contributed by atoms with van der Waals surface area (Å²) in [5.41, 5.74) is 4.33. The number of nitro groups is 1. The lowest BCUT2D eigenvalue weighted by molar-refractivity contribution is -0.384. The molecule has 5 rings (SSSR count). The molecule has 1 fully saturated rings. The average molecular weight is 500 g/mol. The van der Waals surface area contributed by atoms with E-state index in [1.165, 1.54) is 28.9 Å². The third kappa shape index (κ3) is 4.90. The first-order valence-corrected chi connectivity index (χ1v) is 12.2. The van der Waals surface area contributed by atoms with Crippen LogP contribution in [0.3, 0.4) is 0 Å². The van der Waals surface area contributed by atoms with Gasteiger partial charge in [0.1, 0.15) is 11.6 Å². The number of nitrogens with zero attached hydrogens (tertiary/aromatic N) is 5. The topological polar surface area (TPSA) is 93.7 Å². The molecule has 1 aromatic heterocycles. The number of hydrogen-bond acceptors (Lipinski definition) is 7. The zero-order valence-corrected chi connectivity index (χ0v) is 21.2. The SMILES string of the molecule is COc1cccc(-n2c(CN3CCN(c4cc(C)ccc4C)CC3)nc3ccc([N+](=O)[O-])cc3c2=O)c1. The summed E-state index contributed by atoms with van der Waals surface area (Å²) in [6, 6.07) is 18.0. The lowest BCUT2D eigenvalue weighted by Crippen LogP contribution is -2.46. The van der Waals surface area contributed by atoms with Crippen molar-refractivity contribution in [3.05, 3.63) is 98.1 Å². The van der Waals surface area contributed by atoms with Crippen LogP contribution in [0.1, 0.15) is 17.0 Å². The van der Waals surface area contributed by atoms with Gasteiger partial charge in [-0.25, -0.2) is 4.98 Å². The van der Waals surface area contributed by atoms with Crippen molar-refractivity contribution < 1.29 is 9.66 Å². The van der Waals surface area contributed by atoms with E-state index in [1.807, 2.05) is 12.1 Å². The summed E-state index contributed by atoms with van der Waals surface area (Å²) < 4.78 is 6.92. The van der Waals surface area contributed by atoms with E-state index in [0.717, 1.165) is 26.2 Å². The Balaban J connectivity index is 1.50. The van der Waals surface area contributed by atoms with Gasteiger partial charge in [-0.15, -0.1) is 0 Å². The molecule has 0 aliphatic carbocycles. The molecular weight excluding hydrogens is 470 g/mol. The normalized spacial score (nSPS) is 14.2. The summed E-state index contributed by atoms with van der Waals surface area (Å²) in [6.07, 6.45) is 0. The molecule has 1 aliphatic rings. The Morgan fingerprint density at radius 1 is 1.00 bits per heavy atom. The van der Waals surface area contributed by atoms with Crippen molar-refractivity contribution in [2.24, 2.45) is 0 Å². The van der Waals surface area contributed by atoms with Gasteiger partial charge >= 0.3 is 0 Å². The first-order valence-electron chi connectivity index (χ1n) is 12.2. The minimum Gasteiger partial charge on any atom is -0.497 e. The molecule has 0 bridgehead atoms. The quantitative estimate of drug-likeness (QED) is 0.289. The van der Waals surface area contributed by atoms with E-state index in [4.69, 9.17) is 9.72 Å². The Labute approximate surface area is 214 Å². The van der Waals surface area contributed by atoms with Crippen LogP contribution >= 0.6 is 0 Å². The maximum Gasteiger partial charge on any atom is 0.270 e. The number of aromatic nitrogens is 2. The minimum atomic E-state index is -0.502. The fourth-order valence-corrected chi connectivity index (χ4v) is 4.86. The maximum atomic E-state index is 13.7. The molecule has 190 valence electrons. The third-order valence-electron chi connectivity index (χ3n) is 6.89. The smallest absolute Gasteiger partial charge is 0.270 e. The van der Waals surface area contributed by atoms with Crippen molar-refractivity contribution >= 4 is 22.3 Å². The van der Waals surface area contributed by atoms with E-state index in [-0.39, 0.29) is 16.6 Å². The van der Waals surface area contributed by atoms with Gasteiger partial charge in [0.2, 0.25) is 0 Å². The molecule has 1 aliphatic heterocycles. The molecule has 0 N–H and O–H groups in total. The van der Waals surface area contributed by atoms with Gasteiger partial charge in [-0.2, -0.15) is 0 Å². The van der Waals surface area contributed by atoms with Crippen LogP contribution in [-0.4, -0.2) is 52.7 Å². The number of anilines is 1. The van der Waals surface area contributed by atoms with Crippen LogP contribution in [0.4, 0.5) is 11.4 Å². The predicted octanol–water partition coefficient (Wildman–Crippen LogP) is 4.24. The van der Waals surface area contributed by atoms with Crippen molar-refractivity contribution in [3.63, 3.8) is 0 Å². The highest BCUT2D eigenvalue weighted by molar-refractivity contribution is 5.80. The molecule has 9 nitrogen and oxygen atoms in total. The summed E-state index contributed by atoms with van der Waals surface area (Å²) in [4.78, 5) is 34.0. The molecule has 0 spiro atoms. The average Bonchev–Trinajstić information content (AvgIpc) is 2.90. The molecule has 4 aromatic rings. The zero-order valence-electron chi connectivity index (χ0n) is 21.2. The molecule has 37 heavy (non-hydrogen) atoms. The Kier molecular flexibility index (Phi) is 6.62. The van der Waals surface area contributed by atoms with Crippen LogP contribution in [0.2, 0.25) is 0 Å². The molecule has 0 saturated carbocycles. The number of methoxy groups -OCH3 is 1. The molecule has 9 heteroatoms. The molecule has 2 heterocycles. The van der Waals surface area contributed by atoms with Gasteiger partial charge in [0.05, 0.1) is 35.2 Å². The van der Waals surface area contributed by atoms with Crippen molar-refractivity contribution in [1.82, 2.24) is 14.5 Å². The fraction of sp³-hybridized carbons (Fsp3) is 0.286. The number of nitro benzene ring substituents is 1. The predicted molar refractivity (Wildman–Crippen MR) is 144 cm³/mol. The highest BCUT2D eigenvalue weighted by atomic mass is 16.6. The van der Waals surface area contributed by atoms with Gasteiger partial charge in [-0.3, -0.25) is 24.4 Å². The highest BCUT2D eigenvalue weighted by Gasteiger charge is 2.22. The van der Waals surface area contributed by atoms with E-state index in [2.05, 4.69) is 41.8 Å². The Hall–Kier alpha value is -4.24. The molecule has 1 saturated heterocycles. The highest BCUT2D eigenvalue weighted by Crippen LogP contribution is 2.25. The van der Waals surface area contributed by atoms with Gasteiger partial charge < -0.3 is 9.64 Å². The van der Waals surface area contributed by atoms with Gasteiger partial charge in [0.15, 0.2) is 0 Å². The lowest BCUT2D eigenvalue weighted by atomic mass is 10.1. The first-order chi connectivity index (χ1) is 17.8. The van der Waals surface area contributed by atoms with E-state index in [9.17, 15) is 14.9 Å². The number of aryl methyl sites for hydroxylation is 2. The summed E-state index contributed by atoms with van der Waals surface area (Å²) in [5, 5.41) is 11.6. The molecular formula is C28H29N5O4. The van der Waals surface area contributed by atoms with Crippen LogP contribution in [0.25, 0.3) is 16.6 Å². The van der Waals surface area contributed by atoms with Crippen LogP contribution in [0, 0.1) is 24.0 Å². The molecule has 0 atom stereocenters. The number of fused-ring (bicyclic) bond motifs is 1. The Bertz CT molecular complexity index is 1540. The van der Waals surface area contributed by atoms with Crippen LogP contribution in [-0.2, 0) is 6.54 Å². The third-order valence-corrected chi connectivity index (χ3v) is 6.89. The second-order valence-electron chi connectivity index (χ2n) is 9.38. The number of hydrogen-bond donors (Lipinski definition) is 0.